The van der Waals surface area contributed by atoms with Gasteiger partial charge >= 0.3 is 5.97 Å². The van der Waals surface area contributed by atoms with Crippen LogP contribution < -0.4 is 24.4 Å². The van der Waals surface area contributed by atoms with E-state index < -0.39 is 12.0 Å². The van der Waals surface area contributed by atoms with Crippen LogP contribution in [0.5, 0.6) is 11.5 Å². The fourth-order valence-corrected chi connectivity index (χ4v) is 7.73. The van der Waals surface area contributed by atoms with Crippen LogP contribution in [-0.4, -0.2) is 59.3 Å². The second-order valence-electron chi connectivity index (χ2n) is 11.1. The summed E-state index contributed by atoms with van der Waals surface area (Å²) in [5.41, 5.74) is 2.80. The fourth-order valence-electron chi connectivity index (χ4n) is 6.15. The van der Waals surface area contributed by atoms with Crippen molar-refractivity contribution in [1.82, 2.24) is 14.0 Å². The highest BCUT2D eigenvalue weighted by atomic mass is 79.9. The van der Waals surface area contributed by atoms with E-state index in [0.29, 0.717) is 43.2 Å². The highest BCUT2D eigenvalue weighted by Crippen LogP contribution is 2.41. The number of para-hydroxylation sites is 1. The molecule has 2 aliphatic heterocycles. The summed E-state index contributed by atoms with van der Waals surface area (Å²) >= 11 is 4.91. The summed E-state index contributed by atoms with van der Waals surface area (Å²) in [4.78, 5) is 47.9. The summed E-state index contributed by atoms with van der Waals surface area (Å²) in [7, 11) is 1.56. The number of benzene rings is 2. The van der Waals surface area contributed by atoms with Crippen LogP contribution in [0.4, 0.5) is 0 Å². The van der Waals surface area contributed by atoms with Gasteiger partial charge in [-0.15, -0.1) is 0 Å². The summed E-state index contributed by atoms with van der Waals surface area (Å²) < 4.78 is 21.4. The van der Waals surface area contributed by atoms with Crippen LogP contribution in [0.15, 0.2) is 68.1 Å². The molecule has 4 aromatic rings. The number of carbonyl (C=O) groups excluding carboxylic acids is 2. The highest BCUT2D eigenvalue weighted by Gasteiger charge is 2.35. The van der Waals surface area contributed by atoms with Crippen molar-refractivity contribution in [2.24, 2.45) is 4.99 Å². The van der Waals surface area contributed by atoms with Crippen LogP contribution in [0, 0.1) is 0 Å². The first-order valence-electron chi connectivity index (χ1n) is 15.3. The molecule has 1 atom stereocenters. The molecule has 0 saturated carbocycles. The zero-order chi connectivity index (χ0) is 32.5. The summed E-state index contributed by atoms with van der Waals surface area (Å²) in [5.74, 6) is 0.541. The predicted octanol–water partition coefficient (Wildman–Crippen LogP) is 4.55. The average Bonchev–Trinajstić information content (AvgIpc) is 3.77. The van der Waals surface area contributed by atoms with E-state index >= 15 is 0 Å². The molecule has 240 valence electrons. The Balaban J connectivity index is 1.52. The molecule has 12 heteroatoms. The molecule has 46 heavy (non-hydrogen) atoms. The molecule has 2 aromatic heterocycles. The molecule has 0 radical (unpaired) electrons. The standard InChI is InChI=1S/C34H35BrN4O6S/c1-5-44-27-16-23(24(35)17-26(27)43-4)31-30(33(42)45-6-2)20(3)36-34-39(31)32(41)28(46-34)15-21-18-38(25-12-8-7-11-22(21)25)19-29(40)37-13-9-10-14-37/h7-8,11-12,15-18,31H,5-6,9-10,13-14,19H2,1-4H3/b28-15+/t31-/m1/s1. The zero-order valence-corrected chi connectivity index (χ0v) is 28.6. The van der Waals surface area contributed by atoms with Crippen LogP contribution in [-0.2, 0) is 20.9 Å². The number of likely N-dealkylation sites (tertiary alicyclic amines) is 1. The van der Waals surface area contributed by atoms with Gasteiger partial charge in [0.15, 0.2) is 16.3 Å². The van der Waals surface area contributed by atoms with Gasteiger partial charge in [-0.1, -0.05) is 45.5 Å². The van der Waals surface area contributed by atoms with Gasteiger partial charge in [0.1, 0.15) is 6.54 Å². The summed E-state index contributed by atoms with van der Waals surface area (Å²) in [6.07, 6.45) is 5.83. The minimum atomic E-state index is -0.837. The normalized spacial score (nSPS) is 16.5. The van der Waals surface area contributed by atoms with Gasteiger partial charge in [-0.2, -0.15) is 0 Å². The third kappa shape index (κ3) is 5.79. The van der Waals surface area contributed by atoms with E-state index in [1.54, 1.807) is 37.7 Å². The Morgan fingerprint density at radius 2 is 1.87 bits per heavy atom. The van der Waals surface area contributed by atoms with Crippen molar-refractivity contribution in [2.45, 2.75) is 46.2 Å². The van der Waals surface area contributed by atoms with Gasteiger partial charge in [-0.05, 0) is 63.5 Å². The fraction of sp³-hybridized carbons (Fsp3) is 0.353. The van der Waals surface area contributed by atoms with Gasteiger partial charge in [0.05, 0.1) is 42.2 Å². The number of aromatic nitrogens is 2. The number of rotatable bonds is 9. The van der Waals surface area contributed by atoms with Crippen LogP contribution in [0.25, 0.3) is 17.0 Å². The van der Waals surface area contributed by atoms with E-state index in [2.05, 4.69) is 15.9 Å². The lowest BCUT2D eigenvalue weighted by atomic mass is 9.95. The number of thiazole rings is 1. The largest absolute Gasteiger partial charge is 0.493 e. The topological polar surface area (TPSA) is 104 Å². The van der Waals surface area contributed by atoms with Gasteiger partial charge in [0, 0.05) is 40.2 Å². The van der Waals surface area contributed by atoms with E-state index in [9.17, 15) is 14.4 Å². The third-order valence-electron chi connectivity index (χ3n) is 8.26. The van der Waals surface area contributed by atoms with E-state index in [-0.39, 0.29) is 30.2 Å². The number of fused-ring (bicyclic) bond motifs is 2. The number of methoxy groups -OCH3 is 1. The predicted molar refractivity (Wildman–Crippen MR) is 180 cm³/mol. The third-order valence-corrected chi connectivity index (χ3v) is 9.93. The van der Waals surface area contributed by atoms with E-state index in [4.69, 9.17) is 19.2 Å². The van der Waals surface area contributed by atoms with E-state index in [0.717, 1.165) is 42.4 Å². The Hall–Kier alpha value is -4.16. The second kappa shape index (κ2) is 13.3. The molecule has 0 aliphatic carbocycles. The molecule has 2 aliphatic rings. The lowest BCUT2D eigenvalue weighted by molar-refractivity contribution is -0.139. The summed E-state index contributed by atoms with van der Waals surface area (Å²) in [6.45, 7) is 7.74. The van der Waals surface area contributed by atoms with Gasteiger partial charge in [0.25, 0.3) is 5.56 Å². The van der Waals surface area contributed by atoms with Crippen LogP contribution in [0.2, 0.25) is 0 Å². The molecule has 4 heterocycles. The van der Waals surface area contributed by atoms with Gasteiger partial charge in [-0.3, -0.25) is 14.2 Å². The first kappa shape index (κ1) is 31.8. The quantitative estimate of drug-likeness (QED) is 0.237. The van der Waals surface area contributed by atoms with Crippen molar-refractivity contribution in [3.63, 3.8) is 0 Å². The SMILES string of the molecule is CCOC(=O)C1=C(C)N=c2s/c(=C/c3cn(CC(=O)N4CCCC4)c4ccccc34)c(=O)n2[C@@H]1c1cc(OCC)c(OC)cc1Br. The molecular formula is C34H35BrN4O6S. The smallest absolute Gasteiger partial charge is 0.338 e. The first-order valence-corrected chi connectivity index (χ1v) is 16.9. The van der Waals surface area contributed by atoms with E-state index in [1.165, 1.54) is 11.3 Å². The van der Waals surface area contributed by atoms with Crippen molar-refractivity contribution in [3.8, 4) is 11.5 Å². The van der Waals surface area contributed by atoms with Crippen molar-refractivity contribution < 1.29 is 23.8 Å². The maximum absolute atomic E-state index is 14.3. The van der Waals surface area contributed by atoms with Crippen molar-refractivity contribution in [2.75, 3.05) is 33.4 Å². The maximum atomic E-state index is 14.3. The lowest BCUT2D eigenvalue weighted by Crippen LogP contribution is -2.40. The molecule has 1 amide bonds. The highest BCUT2D eigenvalue weighted by molar-refractivity contribution is 9.10. The minimum absolute atomic E-state index is 0.0858. The zero-order valence-electron chi connectivity index (χ0n) is 26.2. The first-order chi connectivity index (χ1) is 22.2. The number of carbonyl (C=O) groups is 2. The van der Waals surface area contributed by atoms with Crippen molar-refractivity contribution in [3.05, 3.63) is 89.2 Å². The number of amides is 1. The number of allylic oxidation sites excluding steroid dienone is 1. The van der Waals surface area contributed by atoms with Gasteiger partial charge in [0.2, 0.25) is 5.91 Å². The maximum Gasteiger partial charge on any atom is 0.338 e. The number of ether oxygens (including phenoxy) is 3. The molecule has 6 rings (SSSR count). The Kier molecular flexibility index (Phi) is 9.19. The average molecular weight is 708 g/mol. The van der Waals surface area contributed by atoms with Gasteiger partial charge in [-0.25, -0.2) is 9.79 Å². The molecule has 1 saturated heterocycles. The number of esters is 1. The number of hydrogen-bond donors (Lipinski definition) is 0. The second-order valence-corrected chi connectivity index (χ2v) is 12.9. The van der Waals surface area contributed by atoms with Crippen LogP contribution >= 0.6 is 27.3 Å². The summed E-state index contributed by atoms with van der Waals surface area (Å²) in [6, 6.07) is 10.6. The van der Waals surface area contributed by atoms with Crippen molar-refractivity contribution >= 4 is 56.1 Å². The van der Waals surface area contributed by atoms with Crippen LogP contribution in [0.1, 0.15) is 50.8 Å². The Morgan fingerprint density at radius 3 is 2.59 bits per heavy atom. The molecule has 0 spiro atoms. The van der Waals surface area contributed by atoms with Gasteiger partial charge < -0.3 is 23.7 Å². The summed E-state index contributed by atoms with van der Waals surface area (Å²) in [5, 5.41) is 0.932. The number of hydrogen-bond acceptors (Lipinski definition) is 8. The van der Waals surface area contributed by atoms with Crippen LogP contribution in [0.3, 0.4) is 0 Å². The molecule has 0 N–H and O–H groups in total. The molecule has 2 aromatic carbocycles. The number of nitrogens with zero attached hydrogens (tertiary/aromatic N) is 4. The molecular weight excluding hydrogens is 672 g/mol. The lowest BCUT2D eigenvalue weighted by Gasteiger charge is -2.26. The minimum Gasteiger partial charge on any atom is -0.493 e. The molecule has 0 unspecified atom stereocenters. The van der Waals surface area contributed by atoms with Crippen molar-refractivity contribution in [1.29, 1.82) is 0 Å². The monoisotopic (exact) mass is 706 g/mol. The number of halogens is 1. The Labute approximate surface area is 278 Å². The Morgan fingerprint density at radius 1 is 1.11 bits per heavy atom. The van der Waals surface area contributed by atoms with E-state index in [1.807, 2.05) is 52.9 Å². The Bertz CT molecular complexity index is 2050. The molecule has 1 fully saturated rings. The molecule has 0 bridgehead atoms. The molecule has 10 nitrogen and oxygen atoms in total.